The van der Waals surface area contributed by atoms with Crippen LogP contribution in [0.2, 0.25) is 5.02 Å². The summed E-state index contributed by atoms with van der Waals surface area (Å²) >= 11 is 7.47. The topological polar surface area (TPSA) is 37.8 Å². The van der Waals surface area contributed by atoms with Crippen molar-refractivity contribution < 1.29 is 0 Å². The molecule has 0 unspecified atom stereocenters. The quantitative estimate of drug-likeness (QED) is 0.931. The summed E-state index contributed by atoms with van der Waals surface area (Å²) < 4.78 is 0. The van der Waals surface area contributed by atoms with Gasteiger partial charge in [0, 0.05) is 29.4 Å². The van der Waals surface area contributed by atoms with E-state index >= 15 is 0 Å². The number of nitrogens with one attached hydrogen (secondary N) is 1. The molecule has 5 heteroatoms. The minimum Gasteiger partial charge on any atom is -0.307 e. The van der Waals surface area contributed by atoms with Gasteiger partial charge in [0.15, 0.2) is 0 Å². The van der Waals surface area contributed by atoms with Gasteiger partial charge in [0.25, 0.3) is 0 Å². The van der Waals surface area contributed by atoms with Crippen molar-refractivity contribution in [1.29, 1.82) is 0 Å². The Kier molecular flexibility index (Phi) is 4.00. The molecule has 2 aromatic rings. The fourth-order valence-corrected chi connectivity index (χ4v) is 2.30. The predicted octanol–water partition coefficient (Wildman–Crippen LogP) is 3.75. The Morgan fingerprint density at radius 1 is 1.22 bits per heavy atom. The molecular weight excluding hydrogens is 266 g/mol. The zero-order valence-electron chi connectivity index (χ0n) is 10.7. The zero-order chi connectivity index (χ0) is 13.2. The van der Waals surface area contributed by atoms with Gasteiger partial charge in [-0.3, -0.25) is 4.98 Å². The largest absolute Gasteiger partial charge is 0.307 e. The maximum absolute atomic E-state index is 5.81. The first-order valence-corrected chi connectivity index (χ1v) is 6.95. The van der Waals surface area contributed by atoms with E-state index in [0.717, 1.165) is 17.2 Å². The second-order valence-corrected chi connectivity index (χ2v) is 6.65. The minimum absolute atomic E-state index is 0.114. The summed E-state index contributed by atoms with van der Waals surface area (Å²) in [6, 6.07) is 3.72. The van der Waals surface area contributed by atoms with E-state index in [-0.39, 0.29) is 5.54 Å². The van der Waals surface area contributed by atoms with Gasteiger partial charge in [0.2, 0.25) is 0 Å². The van der Waals surface area contributed by atoms with Gasteiger partial charge in [-0.1, -0.05) is 11.6 Å². The van der Waals surface area contributed by atoms with Crippen molar-refractivity contribution in [2.75, 3.05) is 0 Å². The molecule has 0 aromatic carbocycles. The van der Waals surface area contributed by atoms with Gasteiger partial charge in [-0.25, -0.2) is 4.98 Å². The van der Waals surface area contributed by atoms with E-state index in [1.165, 1.54) is 4.88 Å². The van der Waals surface area contributed by atoms with Gasteiger partial charge in [0.1, 0.15) is 5.01 Å². The lowest BCUT2D eigenvalue weighted by molar-refractivity contribution is 0.426. The molecule has 2 aromatic heterocycles. The van der Waals surface area contributed by atoms with E-state index in [1.807, 2.05) is 18.3 Å². The molecule has 0 aliphatic rings. The zero-order valence-corrected chi connectivity index (χ0v) is 12.3. The van der Waals surface area contributed by atoms with Crippen molar-refractivity contribution in [3.05, 3.63) is 34.4 Å². The Morgan fingerprint density at radius 2 is 2.00 bits per heavy atom. The third-order valence-electron chi connectivity index (χ3n) is 2.29. The summed E-state index contributed by atoms with van der Waals surface area (Å²) in [5, 5.41) is 5.01. The lowest BCUT2D eigenvalue weighted by Gasteiger charge is -2.19. The van der Waals surface area contributed by atoms with Crippen LogP contribution in [0, 0.1) is 0 Å². The van der Waals surface area contributed by atoms with E-state index in [2.05, 4.69) is 36.1 Å². The smallest absolute Gasteiger partial charge is 0.142 e. The van der Waals surface area contributed by atoms with Gasteiger partial charge in [0.05, 0.1) is 10.7 Å². The molecule has 0 aliphatic carbocycles. The minimum atomic E-state index is 0.114. The monoisotopic (exact) mass is 281 g/mol. The summed E-state index contributed by atoms with van der Waals surface area (Å²) in [7, 11) is 0. The second kappa shape index (κ2) is 5.34. The molecule has 0 saturated heterocycles. The molecule has 1 N–H and O–H groups in total. The van der Waals surface area contributed by atoms with Crippen LogP contribution in [0.1, 0.15) is 25.6 Å². The predicted molar refractivity (Wildman–Crippen MR) is 76.9 cm³/mol. The lowest BCUT2D eigenvalue weighted by Crippen LogP contribution is -2.34. The first-order valence-electron chi connectivity index (χ1n) is 5.76. The molecule has 0 fully saturated rings. The second-order valence-electron chi connectivity index (χ2n) is 5.10. The van der Waals surface area contributed by atoms with E-state index in [1.54, 1.807) is 17.5 Å². The number of rotatable bonds is 3. The van der Waals surface area contributed by atoms with Gasteiger partial charge in [-0.05, 0) is 32.9 Å². The number of aromatic nitrogens is 2. The van der Waals surface area contributed by atoms with Crippen LogP contribution < -0.4 is 5.32 Å². The van der Waals surface area contributed by atoms with Crippen LogP contribution in [0.5, 0.6) is 0 Å². The van der Waals surface area contributed by atoms with Crippen LogP contribution in [0.3, 0.4) is 0 Å². The van der Waals surface area contributed by atoms with Gasteiger partial charge < -0.3 is 5.32 Å². The van der Waals surface area contributed by atoms with E-state index < -0.39 is 0 Å². The maximum atomic E-state index is 5.81. The Labute approximate surface area is 116 Å². The first-order chi connectivity index (χ1) is 8.44. The van der Waals surface area contributed by atoms with Crippen molar-refractivity contribution in [1.82, 2.24) is 15.3 Å². The average molecular weight is 282 g/mol. The number of nitrogens with zero attached hydrogens (tertiary/aromatic N) is 2. The van der Waals surface area contributed by atoms with E-state index in [9.17, 15) is 0 Å². The Hall–Kier alpha value is -0.970. The molecule has 0 atom stereocenters. The highest BCUT2D eigenvalue weighted by molar-refractivity contribution is 7.14. The third-order valence-corrected chi connectivity index (χ3v) is 3.54. The molecule has 0 spiro atoms. The molecule has 3 nitrogen and oxygen atoms in total. The number of halogens is 1. The molecule has 0 amide bonds. The van der Waals surface area contributed by atoms with E-state index in [4.69, 9.17) is 11.6 Å². The van der Waals surface area contributed by atoms with Crippen LogP contribution in [0.15, 0.2) is 24.5 Å². The number of thiazole rings is 1. The Balaban J connectivity index is 2.08. The SMILES string of the molecule is CC(C)(C)NCc1cnc(-c2ccc(Cl)cn2)s1. The molecule has 18 heavy (non-hydrogen) atoms. The third kappa shape index (κ3) is 3.77. The average Bonchev–Trinajstić information content (AvgIpc) is 2.75. The summed E-state index contributed by atoms with van der Waals surface area (Å²) in [4.78, 5) is 9.86. The van der Waals surface area contributed by atoms with Crippen molar-refractivity contribution in [2.45, 2.75) is 32.9 Å². The molecule has 0 saturated carbocycles. The van der Waals surface area contributed by atoms with Crippen molar-refractivity contribution in [3.8, 4) is 10.7 Å². The Bertz CT molecular complexity index is 514. The highest BCUT2D eigenvalue weighted by Gasteiger charge is 2.11. The molecule has 2 rings (SSSR count). The molecule has 0 bridgehead atoms. The summed E-state index contributed by atoms with van der Waals surface area (Å²) in [5.41, 5.74) is 0.981. The molecule has 0 radical (unpaired) electrons. The highest BCUT2D eigenvalue weighted by Crippen LogP contribution is 2.24. The van der Waals surface area contributed by atoms with Gasteiger partial charge >= 0.3 is 0 Å². The van der Waals surface area contributed by atoms with Crippen LogP contribution in [-0.2, 0) is 6.54 Å². The van der Waals surface area contributed by atoms with Gasteiger partial charge in [-0.15, -0.1) is 11.3 Å². The number of hydrogen-bond acceptors (Lipinski definition) is 4. The van der Waals surface area contributed by atoms with Crippen LogP contribution in [-0.4, -0.2) is 15.5 Å². The molecule has 2 heterocycles. The van der Waals surface area contributed by atoms with Crippen molar-refractivity contribution >= 4 is 22.9 Å². The standard InChI is InChI=1S/C13H16ClN3S/c1-13(2,3)17-8-10-7-16-12(18-10)11-5-4-9(14)6-15-11/h4-7,17H,8H2,1-3H3. The van der Waals surface area contributed by atoms with E-state index in [0.29, 0.717) is 5.02 Å². The first kappa shape index (κ1) is 13.5. The molecule has 0 aliphatic heterocycles. The summed E-state index contributed by atoms with van der Waals surface area (Å²) in [5.74, 6) is 0. The molecule has 96 valence electrons. The Morgan fingerprint density at radius 3 is 2.61 bits per heavy atom. The van der Waals surface area contributed by atoms with Crippen LogP contribution >= 0.6 is 22.9 Å². The number of hydrogen-bond donors (Lipinski definition) is 1. The van der Waals surface area contributed by atoms with Crippen LogP contribution in [0.4, 0.5) is 0 Å². The van der Waals surface area contributed by atoms with Crippen LogP contribution in [0.25, 0.3) is 10.7 Å². The fraction of sp³-hybridized carbons (Fsp3) is 0.385. The fourth-order valence-electron chi connectivity index (χ4n) is 1.36. The summed E-state index contributed by atoms with van der Waals surface area (Å²) in [6.07, 6.45) is 3.54. The highest BCUT2D eigenvalue weighted by atomic mass is 35.5. The van der Waals surface area contributed by atoms with Crippen molar-refractivity contribution in [3.63, 3.8) is 0 Å². The normalized spacial score (nSPS) is 11.8. The number of pyridine rings is 1. The van der Waals surface area contributed by atoms with Gasteiger partial charge in [-0.2, -0.15) is 0 Å². The molecular formula is C13H16ClN3S. The maximum Gasteiger partial charge on any atom is 0.142 e. The summed E-state index contributed by atoms with van der Waals surface area (Å²) in [6.45, 7) is 7.27. The van der Waals surface area contributed by atoms with Crippen molar-refractivity contribution in [2.24, 2.45) is 0 Å². The lowest BCUT2D eigenvalue weighted by atomic mass is 10.1.